The Hall–Kier alpha value is 1.13. The molecule has 13 heavy (non-hydrogen) atoms. The van der Waals surface area contributed by atoms with Gasteiger partial charge >= 0.3 is 0 Å². The molecule has 0 saturated carbocycles. The van der Waals surface area contributed by atoms with E-state index in [-0.39, 0.29) is 0 Å². The summed E-state index contributed by atoms with van der Waals surface area (Å²) in [5, 5.41) is 0. The summed E-state index contributed by atoms with van der Waals surface area (Å²) in [6.45, 7) is 6.92. The van der Waals surface area contributed by atoms with E-state index in [0.717, 1.165) is 0 Å². The molecule has 0 heterocycles. The van der Waals surface area contributed by atoms with Gasteiger partial charge in [0, 0.05) is 11.5 Å². The second kappa shape index (κ2) is 11.2. The molecule has 0 aromatic carbocycles. The zero-order valence-corrected chi connectivity index (χ0v) is 11.7. The fourth-order valence-electron chi connectivity index (χ4n) is 1.10. The largest absolute Gasteiger partial charge is 0.161 e. The monoisotopic (exact) mass is 238 g/mol. The Balaban J connectivity index is 3.05. The van der Waals surface area contributed by atoms with Crippen molar-refractivity contribution >= 4 is 31.4 Å². The van der Waals surface area contributed by atoms with Crippen molar-refractivity contribution in [2.75, 3.05) is 41.5 Å². The van der Waals surface area contributed by atoms with Crippen molar-refractivity contribution in [2.45, 2.75) is 20.8 Å². The van der Waals surface area contributed by atoms with E-state index in [4.69, 9.17) is 0 Å². The average molecular weight is 238 g/mol. The quantitative estimate of drug-likeness (QED) is 0.440. The maximum Gasteiger partial charge on any atom is 0.00237 e. The molecule has 0 aliphatic carbocycles. The summed E-state index contributed by atoms with van der Waals surface area (Å²) in [7, 11) is 0.392. The third-order valence-corrected chi connectivity index (χ3v) is 7.11. The molecule has 0 aliphatic heterocycles. The van der Waals surface area contributed by atoms with Crippen LogP contribution in [0.5, 0.6) is 0 Å². The van der Waals surface area contributed by atoms with Crippen molar-refractivity contribution in [3.8, 4) is 0 Å². The van der Waals surface area contributed by atoms with Gasteiger partial charge in [-0.05, 0) is 30.0 Å². The van der Waals surface area contributed by atoms with Crippen molar-refractivity contribution < 1.29 is 0 Å². The highest BCUT2D eigenvalue weighted by Crippen LogP contribution is 2.34. The fraction of sp³-hybridized carbons (Fsp3) is 1.00. The molecule has 0 nitrogen and oxygen atoms in total. The van der Waals surface area contributed by atoms with Gasteiger partial charge in [-0.1, -0.05) is 20.8 Å². The molecule has 0 atom stereocenters. The molecule has 0 aliphatic rings. The van der Waals surface area contributed by atoms with Crippen LogP contribution in [0.1, 0.15) is 20.8 Å². The SMILES string of the molecule is CCSCCSCCP(CC)CC. The minimum atomic E-state index is 0.392. The van der Waals surface area contributed by atoms with Crippen LogP contribution in [0.2, 0.25) is 0 Å². The maximum atomic E-state index is 2.34. The lowest BCUT2D eigenvalue weighted by Crippen LogP contribution is -1.95. The topological polar surface area (TPSA) is 0 Å². The summed E-state index contributed by atoms with van der Waals surface area (Å²) < 4.78 is 0. The molecule has 3 heteroatoms. The maximum absolute atomic E-state index is 2.34. The first-order valence-electron chi connectivity index (χ1n) is 5.22. The molecule has 0 radical (unpaired) electrons. The van der Waals surface area contributed by atoms with Gasteiger partial charge < -0.3 is 0 Å². The molecule has 0 bridgehead atoms. The van der Waals surface area contributed by atoms with Crippen LogP contribution in [0.4, 0.5) is 0 Å². The van der Waals surface area contributed by atoms with Crippen LogP contribution in [0.25, 0.3) is 0 Å². The Morgan fingerprint density at radius 1 is 0.846 bits per heavy atom. The highest BCUT2D eigenvalue weighted by atomic mass is 32.2. The Morgan fingerprint density at radius 2 is 1.46 bits per heavy atom. The summed E-state index contributed by atoms with van der Waals surface area (Å²) in [5.74, 6) is 5.38. The van der Waals surface area contributed by atoms with E-state index in [0.29, 0.717) is 7.92 Å². The van der Waals surface area contributed by atoms with E-state index in [2.05, 4.69) is 44.3 Å². The molecule has 0 fully saturated rings. The molecule has 0 amide bonds. The van der Waals surface area contributed by atoms with Gasteiger partial charge in [0.05, 0.1) is 0 Å². The molecule has 0 aromatic heterocycles. The number of hydrogen-bond donors (Lipinski definition) is 0. The Bertz CT molecular complexity index is 94.9. The van der Waals surface area contributed by atoms with Gasteiger partial charge in [-0.2, -0.15) is 23.5 Å². The molecule has 0 spiro atoms. The Labute approximate surface area is 93.8 Å². The van der Waals surface area contributed by atoms with Crippen molar-refractivity contribution in [2.24, 2.45) is 0 Å². The number of thioether (sulfide) groups is 2. The van der Waals surface area contributed by atoms with Crippen LogP contribution in [0.3, 0.4) is 0 Å². The smallest absolute Gasteiger partial charge is 0.00237 e. The summed E-state index contributed by atoms with van der Waals surface area (Å²) in [4.78, 5) is 0. The number of hydrogen-bond acceptors (Lipinski definition) is 2. The van der Waals surface area contributed by atoms with Gasteiger partial charge in [-0.15, -0.1) is 7.92 Å². The molecule has 0 unspecified atom stereocenters. The zero-order valence-electron chi connectivity index (χ0n) is 9.21. The van der Waals surface area contributed by atoms with Gasteiger partial charge in [0.15, 0.2) is 0 Å². The first-order valence-corrected chi connectivity index (χ1v) is 9.43. The van der Waals surface area contributed by atoms with Crippen molar-refractivity contribution in [3.63, 3.8) is 0 Å². The zero-order chi connectivity index (χ0) is 9.94. The third kappa shape index (κ3) is 9.43. The van der Waals surface area contributed by atoms with E-state index in [1.165, 1.54) is 41.5 Å². The Kier molecular flexibility index (Phi) is 12.2. The lowest BCUT2D eigenvalue weighted by molar-refractivity contribution is 1.35. The first kappa shape index (κ1) is 14.1. The summed E-state index contributed by atoms with van der Waals surface area (Å²) >= 11 is 4.21. The first-order chi connectivity index (χ1) is 6.35. The van der Waals surface area contributed by atoms with Crippen molar-refractivity contribution in [1.82, 2.24) is 0 Å². The standard InChI is InChI=1S/C10H23PS2/c1-4-11(5-2)7-8-13-10-9-12-6-3/h4-10H2,1-3H3. The van der Waals surface area contributed by atoms with Gasteiger partial charge in [-0.3, -0.25) is 0 Å². The lowest BCUT2D eigenvalue weighted by Gasteiger charge is -2.11. The van der Waals surface area contributed by atoms with Crippen molar-refractivity contribution in [3.05, 3.63) is 0 Å². The highest BCUT2D eigenvalue weighted by molar-refractivity contribution is 8.03. The predicted octanol–water partition coefficient (Wildman–Crippen LogP) is 3.99. The van der Waals surface area contributed by atoms with Gasteiger partial charge in [0.1, 0.15) is 0 Å². The third-order valence-electron chi connectivity index (χ3n) is 2.02. The van der Waals surface area contributed by atoms with Crippen LogP contribution in [0.15, 0.2) is 0 Å². The van der Waals surface area contributed by atoms with Crippen LogP contribution in [-0.4, -0.2) is 41.5 Å². The minimum Gasteiger partial charge on any atom is -0.161 e. The van der Waals surface area contributed by atoms with E-state index in [9.17, 15) is 0 Å². The molecule has 0 rings (SSSR count). The van der Waals surface area contributed by atoms with Crippen molar-refractivity contribution in [1.29, 1.82) is 0 Å². The van der Waals surface area contributed by atoms with E-state index >= 15 is 0 Å². The van der Waals surface area contributed by atoms with E-state index in [1.807, 2.05) is 0 Å². The minimum absolute atomic E-state index is 0.392. The summed E-state index contributed by atoms with van der Waals surface area (Å²) in [6.07, 6.45) is 4.34. The van der Waals surface area contributed by atoms with Crippen LogP contribution in [-0.2, 0) is 0 Å². The Morgan fingerprint density at radius 3 is 2.00 bits per heavy atom. The molecule has 0 N–H and O–H groups in total. The second-order valence-corrected chi connectivity index (χ2v) is 8.51. The van der Waals surface area contributed by atoms with Gasteiger partial charge in [-0.25, -0.2) is 0 Å². The predicted molar refractivity (Wildman–Crippen MR) is 73.2 cm³/mol. The molecular formula is C10H23PS2. The van der Waals surface area contributed by atoms with Gasteiger partial charge in [0.25, 0.3) is 0 Å². The highest BCUT2D eigenvalue weighted by Gasteiger charge is 2.00. The molecule has 80 valence electrons. The lowest BCUT2D eigenvalue weighted by atomic mass is 10.9. The molecule has 0 aromatic rings. The van der Waals surface area contributed by atoms with Gasteiger partial charge in [0.2, 0.25) is 0 Å². The molecular weight excluding hydrogens is 215 g/mol. The van der Waals surface area contributed by atoms with Crippen LogP contribution >= 0.6 is 31.4 Å². The molecule has 0 saturated heterocycles. The van der Waals surface area contributed by atoms with Crippen LogP contribution < -0.4 is 0 Å². The normalized spacial score (nSPS) is 11.1. The average Bonchev–Trinajstić information content (AvgIpc) is 2.17. The summed E-state index contributed by atoms with van der Waals surface area (Å²) in [5.41, 5.74) is 0. The fourth-order valence-corrected chi connectivity index (χ4v) is 5.16. The summed E-state index contributed by atoms with van der Waals surface area (Å²) in [6, 6.07) is 0. The number of rotatable bonds is 9. The second-order valence-electron chi connectivity index (χ2n) is 2.84. The van der Waals surface area contributed by atoms with E-state index in [1.54, 1.807) is 0 Å². The van der Waals surface area contributed by atoms with E-state index < -0.39 is 0 Å². The van der Waals surface area contributed by atoms with Crippen LogP contribution in [0, 0.1) is 0 Å².